The largest absolute Gasteiger partial charge is 0.480 e. The summed E-state index contributed by atoms with van der Waals surface area (Å²) in [5, 5.41) is 24.6. The molecule has 0 aromatic heterocycles. The second-order valence-corrected chi connectivity index (χ2v) is 1.07. The highest BCUT2D eigenvalue weighted by molar-refractivity contribution is 6.13. The first-order chi connectivity index (χ1) is 4.18. The van der Waals surface area contributed by atoms with Crippen LogP contribution < -0.4 is 5.32 Å². The molecule has 0 atom stereocenters. The van der Waals surface area contributed by atoms with Crippen LogP contribution in [-0.4, -0.2) is 42.4 Å². The zero-order chi connectivity index (χ0) is 7.70. The van der Waals surface area contributed by atoms with E-state index in [0.717, 1.165) is 0 Å². The van der Waals surface area contributed by atoms with Crippen LogP contribution in [0.15, 0.2) is 0 Å². The number of likely N-dealkylation sites (N-methyl/N-ethyl adjacent to an activating group) is 1. The van der Waals surface area contributed by atoms with E-state index in [0.29, 0.717) is 0 Å². The molecule has 0 rings (SSSR count). The summed E-state index contributed by atoms with van der Waals surface area (Å²) in [5.74, 6) is -0.822. The molecule has 9 heavy (non-hydrogen) atoms. The maximum atomic E-state index is 9.54. The molecule has 0 saturated heterocycles. The fraction of sp³-hybridized carbons (Fsp3) is 0.667. The third-order valence-electron chi connectivity index (χ3n) is 0.328. The van der Waals surface area contributed by atoms with E-state index in [2.05, 4.69) is 5.32 Å². The Morgan fingerprint density at radius 2 is 2.00 bits per heavy atom. The molecule has 0 aromatic rings. The zero-order valence-corrected chi connectivity index (χ0v) is 5.16. The van der Waals surface area contributed by atoms with Gasteiger partial charge in [0, 0.05) is 0 Å². The third kappa shape index (κ3) is 37.3. The van der Waals surface area contributed by atoms with Crippen molar-refractivity contribution in [1.29, 1.82) is 0 Å². The topological polar surface area (TPSA) is 89.8 Å². The average molecular weight is 135 g/mol. The molecule has 0 heterocycles. The lowest BCUT2D eigenvalue weighted by Gasteiger charge is -1.84. The Hall–Kier alpha value is -0.585. The fourth-order valence-corrected chi connectivity index (χ4v) is 0.151. The highest BCUT2D eigenvalue weighted by Crippen LogP contribution is 1.50. The van der Waals surface area contributed by atoms with E-state index < -0.39 is 13.7 Å². The Morgan fingerprint density at radius 3 is 2.00 bits per heavy atom. The van der Waals surface area contributed by atoms with Gasteiger partial charge in [-0.2, -0.15) is 0 Å². The molecule has 0 aromatic carbocycles. The molecule has 0 amide bonds. The molecule has 0 fully saturated rings. The molecular formula is C3H10BNO4. The highest BCUT2D eigenvalue weighted by atomic mass is 16.4. The number of carboxylic acid groups (broad SMARTS) is 1. The minimum absolute atomic E-state index is 0.0417. The molecule has 54 valence electrons. The minimum Gasteiger partial charge on any atom is -0.480 e. The number of aliphatic carboxylic acids is 1. The summed E-state index contributed by atoms with van der Waals surface area (Å²) in [7, 11) is 0.841. The van der Waals surface area contributed by atoms with Crippen LogP contribution in [0.4, 0.5) is 0 Å². The van der Waals surface area contributed by atoms with E-state index in [1.54, 1.807) is 7.05 Å². The van der Waals surface area contributed by atoms with E-state index in [-0.39, 0.29) is 6.54 Å². The van der Waals surface area contributed by atoms with Gasteiger partial charge < -0.3 is 20.5 Å². The summed E-state index contributed by atoms with van der Waals surface area (Å²) in [4.78, 5) is 9.54. The molecule has 5 nitrogen and oxygen atoms in total. The van der Waals surface area contributed by atoms with Gasteiger partial charge in [0.2, 0.25) is 0 Å². The second-order valence-electron chi connectivity index (χ2n) is 1.07. The molecule has 0 aliphatic heterocycles. The lowest BCUT2D eigenvalue weighted by atomic mass is 10.5. The Labute approximate surface area is 53.6 Å². The van der Waals surface area contributed by atoms with E-state index in [4.69, 9.17) is 15.2 Å². The molecular weight excluding hydrogens is 125 g/mol. The van der Waals surface area contributed by atoms with Crippen molar-refractivity contribution in [3.8, 4) is 0 Å². The smallest absolute Gasteiger partial charge is 0.432 e. The van der Waals surface area contributed by atoms with Gasteiger partial charge in [-0.3, -0.25) is 4.79 Å². The normalized spacial score (nSPS) is 7.00. The SMILES string of the molecule is CNCC(=O)O.OBO. The van der Waals surface area contributed by atoms with Crippen LogP contribution in [0.25, 0.3) is 0 Å². The molecule has 0 saturated carbocycles. The van der Waals surface area contributed by atoms with E-state index in [1.165, 1.54) is 0 Å². The number of nitrogens with one attached hydrogen (secondary N) is 1. The number of rotatable bonds is 2. The molecule has 0 spiro atoms. The van der Waals surface area contributed by atoms with Crippen molar-refractivity contribution in [2.75, 3.05) is 13.6 Å². The maximum Gasteiger partial charge on any atom is 0.432 e. The lowest BCUT2D eigenvalue weighted by molar-refractivity contribution is -0.135. The molecule has 0 bridgehead atoms. The number of carboxylic acids is 1. The van der Waals surface area contributed by atoms with Crippen molar-refractivity contribution in [2.24, 2.45) is 0 Å². The van der Waals surface area contributed by atoms with Gasteiger partial charge in [0.05, 0.1) is 6.54 Å². The van der Waals surface area contributed by atoms with E-state index >= 15 is 0 Å². The predicted octanol–water partition coefficient (Wildman–Crippen LogP) is -2.47. The summed E-state index contributed by atoms with van der Waals surface area (Å²) in [6.45, 7) is 0.0417. The van der Waals surface area contributed by atoms with Crippen molar-refractivity contribution in [3.05, 3.63) is 0 Å². The van der Waals surface area contributed by atoms with Crippen molar-refractivity contribution < 1.29 is 19.9 Å². The fourth-order valence-electron chi connectivity index (χ4n) is 0.151. The van der Waals surface area contributed by atoms with Crippen molar-refractivity contribution in [2.45, 2.75) is 0 Å². The standard InChI is InChI=1S/C3H7NO2.BH3O2/c1-4-2-3(5)6;2-1-3/h4H,2H2,1H3,(H,5,6);1-3H. The quantitative estimate of drug-likeness (QED) is 0.315. The van der Waals surface area contributed by atoms with Crippen LogP contribution in [0.3, 0.4) is 0 Å². The molecule has 6 heteroatoms. The first kappa shape index (κ1) is 11.2. The molecule has 0 aliphatic rings. The minimum atomic E-state index is -0.822. The Balaban J connectivity index is 0. The Kier molecular flexibility index (Phi) is 13.0. The monoisotopic (exact) mass is 135 g/mol. The molecule has 0 aliphatic carbocycles. The number of carbonyl (C=O) groups is 1. The van der Waals surface area contributed by atoms with Gasteiger partial charge in [0.1, 0.15) is 0 Å². The Morgan fingerprint density at radius 1 is 1.67 bits per heavy atom. The summed E-state index contributed by atoms with van der Waals surface area (Å²) in [6.07, 6.45) is 0. The van der Waals surface area contributed by atoms with Crippen LogP contribution in [0.2, 0.25) is 0 Å². The number of hydrogen-bond acceptors (Lipinski definition) is 4. The van der Waals surface area contributed by atoms with Crippen LogP contribution in [0.5, 0.6) is 0 Å². The lowest BCUT2D eigenvalue weighted by Crippen LogP contribution is -2.16. The van der Waals surface area contributed by atoms with Crippen molar-refractivity contribution >= 4 is 13.7 Å². The van der Waals surface area contributed by atoms with Gasteiger partial charge >= 0.3 is 13.7 Å². The van der Waals surface area contributed by atoms with Crippen LogP contribution >= 0.6 is 0 Å². The molecule has 4 N–H and O–H groups in total. The van der Waals surface area contributed by atoms with Gasteiger partial charge in [-0.25, -0.2) is 0 Å². The highest BCUT2D eigenvalue weighted by Gasteiger charge is 1.86. The van der Waals surface area contributed by atoms with E-state index in [1.807, 2.05) is 0 Å². The average Bonchev–Trinajstić information content (AvgIpc) is 1.67. The van der Waals surface area contributed by atoms with Gasteiger partial charge in [-0.05, 0) is 7.05 Å². The van der Waals surface area contributed by atoms with Crippen LogP contribution in [0, 0.1) is 0 Å². The van der Waals surface area contributed by atoms with Crippen molar-refractivity contribution in [3.63, 3.8) is 0 Å². The first-order valence-corrected chi connectivity index (χ1v) is 2.27. The Bertz CT molecular complexity index is 68.8. The molecule has 0 unspecified atom stereocenters. The third-order valence-corrected chi connectivity index (χ3v) is 0.328. The summed E-state index contributed by atoms with van der Waals surface area (Å²) >= 11 is 0. The number of hydrogen-bond donors (Lipinski definition) is 4. The van der Waals surface area contributed by atoms with Crippen LogP contribution in [0.1, 0.15) is 0 Å². The van der Waals surface area contributed by atoms with Gasteiger partial charge in [-0.1, -0.05) is 0 Å². The first-order valence-electron chi connectivity index (χ1n) is 2.27. The maximum absolute atomic E-state index is 9.54. The van der Waals surface area contributed by atoms with Crippen LogP contribution in [-0.2, 0) is 4.79 Å². The second kappa shape index (κ2) is 10.4. The summed E-state index contributed by atoms with van der Waals surface area (Å²) in [5.41, 5.74) is 0. The molecule has 0 radical (unpaired) electrons. The van der Waals surface area contributed by atoms with Crippen molar-refractivity contribution in [1.82, 2.24) is 5.32 Å². The van der Waals surface area contributed by atoms with Gasteiger partial charge in [-0.15, -0.1) is 0 Å². The van der Waals surface area contributed by atoms with Gasteiger partial charge in [0.15, 0.2) is 0 Å². The predicted molar refractivity (Wildman–Crippen MR) is 33.1 cm³/mol. The summed E-state index contributed by atoms with van der Waals surface area (Å²) < 4.78 is 0. The van der Waals surface area contributed by atoms with Gasteiger partial charge in [0.25, 0.3) is 0 Å². The summed E-state index contributed by atoms with van der Waals surface area (Å²) in [6, 6.07) is 0. The zero-order valence-electron chi connectivity index (χ0n) is 5.16. The van der Waals surface area contributed by atoms with E-state index in [9.17, 15) is 4.79 Å².